The van der Waals surface area contributed by atoms with Crippen LogP contribution in [0.15, 0.2) is 29.7 Å². The number of hydrogen-bond donors (Lipinski definition) is 3. The second-order valence-corrected chi connectivity index (χ2v) is 7.43. The quantitative estimate of drug-likeness (QED) is 0.641. The van der Waals surface area contributed by atoms with Crippen molar-refractivity contribution >= 4 is 23.3 Å². The van der Waals surface area contributed by atoms with Crippen molar-refractivity contribution in [2.75, 3.05) is 19.6 Å². The van der Waals surface area contributed by atoms with Crippen molar-refractivity contribution in [3.8, 4) is 0 Å². The van der Waals surface area contributed by atoms with Gasteiger partial charge in [0, 0.05) is 36.2 Å². The molecule has 1 aromatic rings. The van der Waals surface area contributed by atoms with Gasteiger partial charge in [-0.25, -0.2) is 9.59 Å². The zero-order valence-corrected chi connectivity index (χ0v) is 15.7. The van der Waals surface area contributed by atoms with E-state index in [-0.39, 0.29) is 0 Å². The number of aliphatic carboxylic acids is 2. The molecule has 140 valence electrons. The minimum atomic E-state index is -1.26. The number of hydrogen-bond acceptors (Lipinski definition) is 5. The summed E-state index contributed by atoms with van der Waals surface area (Å²) >= 11 is 1.89. The second kappa shape index (κ2) is 11.8. The van der Waals surface area contributed by atoms with E-state index in [1.807, 2.05) is 11.3 Å². The summed E-state index contributed by atoms with van der Waals surface area (Å²) in [6, 6.07) is 5.20. The van der Waals surface area contributed by atoms with Crippen LogP contribution in [0.1, 0.15) is 31.6 Å². The molecule has 0 unspecified atom stereocenters. The van der Waals surface area contributed by atoms with Gasteiger partial charge in [0.15, 0.2) is 0 Å². The summed E-state index contributed by atoms with van der Waals surface area (Å²) in [4.78, 5) is 23.3. The molecule has 0 saturated carbocycles. The first-order valence-corrected chi connectivity index (χ1v) is 9.37. The van der Waals surface area contributed by atoms with Gasteiger partial charge >= 0.3 is 11.9 Å². The molecule has 0 spiro atoms. The fraction of sp³-hybridized carbons (Fsp3) is 0.556. The van der Waals surface area contributed by atoms with Gasteiger partial charge in [-0.3, -0.25) is 4.90 Å². The number of thiophene rings is 1. The lowest BCUT2D eigenvalue weighted by Gasteiger charge is -2.35. The van der Waals surface area contributed by atoms with Gasteiger partial charge in [0.05, 0.1) is 0 Å². The lowest BCUT2D eigenvalue weighted by atomic mass is 10.0. The zero-order chi connectivity index (χ0) is 18.7. The summed E-state index contributed by atoms with van der Waals surface area (Å²) in [6.07, 6.45) is 3.72. The Kier molecular flexibility index (Phi) is 10.1. The van der Waals surface area contributed by atoms with Crippen molar-refractivity contribution in [3.05, 3.63) is 34.5 Å². The number of piperidine rings is 1. The second-order valence-electron chi connectivity index (χ2n) is 6.39. The van der Waals surface area contributed by atoms with Crippen molar-refractivity contribution in [3.63, 3.8) is 0 Å². The van der Waals surface area contributed by atoms with Crippen LogP contribution in [0.4, 0.5) is 0 Å². The van der Waals surface area contributed by atoms with Crippen LogP contribution in [-0.2, 0) is 16.1 Å². The SMILES string of the molecule is CC(C)CN(Cc1cccs1)C1CCNCC1.O=C(O)/C=C/C(=O)O. The number of nitrogens with zero attached hydrogens (tertiary/aromatic N) is 1. The summed E-state index contributed by atoms with van der Waals surface area (Å²) in [5, 5.41) is 21.3. The standard InChI is InChI=1S/C14H24N2S.C4H4O4/c1-12(2)10-16(11-14-4-3-9-17-14)13-5-7-15-8-6-13;5-3(6)1-2-4(7)8/h3-4,9,12-13,15H,5-8,10-11H2,1-2H3;1-2H,(H,5,6)(H,7,8)/b;2-1+. The zero-order valence-electron chi connectivity index (χ0n) is 14.9. The van der Waals surface area contributed by atoms with Crippen LogP contribution in [0.5, 0.6) is 0 Å². The molecule has 0 aliphatic carbocycles. The van der Waals surface area contributed by atoms with E-state index in [2.05, 4.69) is 41.6 Å². The van der Waals surface area contributed by atoms with Crippen molar-refractivity contribution < 1.29 is 19.8 Å². The van der Waals surface area contributed by atoms with E-state index < -0.39 is 11.9 Å². The monoisotopic (exact) mass is 368 g/mol. The molecule has 3 N–H and O–H groups in total. The molecule has 0 radical (unpaired) electrons. The van der Waals surface area contributed by atoms with Gasteiger partial charge in [-0.1, -0.05) is 19.9 Å². The molecule has 0 amide bonds. The van der Waals surface area contributed by atoms with E-state index in [0.717, 1.165) is 18.5 Å². The number of carboxylic acids is 2. The van der Waals surface area contributed by atoms with E-state index in [9.17, 15) is 9.59 Å². The highest BCUT2D eigenvalue weighted by molar-refractivity contribution is 7.09. The van der Waals surface area contributed by atoms with Crippen molar-refractivity contribution in [1.82, 2.24) is 10.2 Å². The molecule has 6 nitrogen and oxygen atoms in total. The highest BCUT2D eigenvalue weighted by Gasteiger charge is 2.21. The first kappa shape index (κ1) is 21.3. The molecule has 2 rings (SSSR count). The molecule has 0 atom stereocenters. The van der Waals surface area contributed by atoms with Crippen LogP contribution in [0.25, 0.3) is 0 Å². The highest BCUT2D eigenvalue weighted by atomic mass is 32.1. The van der Waals surface area contributed by atoms with Crippen molar-refractivity contribution in [1.29, 1.82) is 0 Å². The normalized spacial score (nSPS) is 15.4. The van der Waals surface area contributed by atoms with Gasteiger partial charge in [0.1, 0.15) is 0 Å². The maximum absolute atomic E-state index is 9.55. The molecular weight excluding hydrogens is 340 g/mol. The molecule has 1 aliphatic rings. The van der Waals surface area contributed by atoms with Crippen LogP contribution >= 0.6 is 11.3 Å². The number of carbonyl (C=O) groups is 2. The number of carboxylic acid groups (broad SMARTS) is 2. The third kappa shape index (κ3) is 10.0. The summed E-state index contributed by atoms with van der Waals surface area (Å²) in [5.74, 6) is -1.76. The van der Waals surface area contributed by atoms with Crippen LogP contribution in [0.2, 0.25) is 0 Å². The lowest BCUT2D eigenvalue weighted by Crippen LogP contribution is -2.44. The molecule has 7 heteroatoms. The Labute approximate surface area is 153 Å². The van der Waals surface area contributed by atoms with Gasteiger partial charge in [-0.15, -0.1) is 11.3 Å². The van der Waals surface area contributed by atoms with Crippen LogP contribution in [0.3, 0.4) is 0 Å². The lowest BCUT2D eigenvalue weighted by molar-refractivity contribution is -0.134. The summed E-state index contributed by atoms with van der Waals surface area (Å²) in [7, 11) is 0. The Balaban J connectivity index is 0.000000333. The molecule has 1 saturated heterocycles. The van der Waals surface area contributed by atoms with E-state index in [1.165, 1.54) is 37.4 Å². The molecular formula is C18H28N2O4S. The van der Waals surface area contributed by atoms with Crippen LogP contribution in [-0.4, -0.2) is 52.7 Å². The first-order valence-electron chi connectivity index (χ1n) is 8.49. The topological polar surface area (TPSA) is 89.9 Å². The molecule has 25 heavy (non-hydrogen) atoms. The molecule has 1 aromatic heterocycles. The Morgan fingerprint density at radius 2 is 1.88 bits per heavy atom. The minimum absolute atomic E-state index is 0.558. The van der Waals surface area contributed by atoms with Gasteiger partial charge < -0.3 is 15.5 Å². The van der Waals surface area contributed by atoms with Gasteiger partial charge in [0.2, 0.25) is 0 Å². The summed E-state index contributed by atoms with van der Waals surface area (Å²) in [6.45, 7) is 9.38. The van der Waals surface area contributed by atoms with E-state index in [0.29, 0.717) is 12.2 Å². The number of nitrogens with one attached hydrogen (secondary N) is 1. The van der Waals surface area contributed by atoms with E-state index >= 15 is 0 Å². The molecule has 0 bridgehead atoms. The van der Waals surface area contributed by atoms with Crippen LogP contribution in [0, 0.1) is 5.92 Å². The average Bonchev–Trinajstić information content (AvgIpc) is 3.06. The van der Waals surface area contributed by atoms with E-state index in [1.54, 1.807) is 0 Å². The fourth-order valence-corrected chi connectivity index (χ4v) is 3.46. The Hall–Kier alpha value is -1.70. The summed E-state index contributed by atoms with van der Waals surface area (Å²) in [5.41, 5.74) is 0. The smallest absolute Gasteiger partial charge is 0.328 e. The third-order valence-corrected chi connectivity index (χ3v) is 4.59. The molecule has 0 aromatic carbocycles. The predicted molar refractivity (Wildman–Crippen MR) is 99.9 cm³/mol. The van der Waals surface area contributed by atoms with Gasteiger partial charge in [0.25, 0.3) is 0 Å². The van der Waals surface area contributed by atoms with Crippen molar-refractivity contribution in [2.45, 2.75) is 39.3 Å². The maximum atomic E-state index is 9.55. The van der Waals surface area contributed by atoms with E-state index in [4.69, 9.17) is 10.2 Å². The van der Waals surface area contributed by atoms with Crippen LogP contribution < -0.4 is 5.32 Å². The van der Waals surface area contributed by atoms with Crippen molar-refractivity contribution in [2.24, 2.45) is 5.92 Å². The highest BCUT2D eigenvalue weighted by Crippen LogP contribution is 2.19. The van der Waals surface area contributed by atoms with Gasteiger partial charge in [-0.2, -0.15) is 0 Å². The Morgan fingerprint density at radius 1 is 1.28 bits per heavy atom. The fourth-order valence-electron chi connectivity index (χ4n) is 2.73. The molecule has 1 fully saturated rings. The Morgan fingerprint density at radius 3 is 2.32 bits per heavy atom. The largest absolute Gasteiger partial charge is 0.478 e. The summed E-state index contributed by atoms with van der Waals surface area (Å²) < 4.78 is 0. The number of rotatable bonds is 7. The predicted octanol–water partition coefficient (Wildman–Crippen LogP) is 2.67. The minimum Gasteiger partial charge on any atom is -0.478 e. The molecule has 2 heterocycles. The van der Waals surface area contributed by atoms with Gasteiger partial charge in [-0.05, 0) is 43.3 Å². The average molecular weight is 368 g/mol. The Bertz CT molecular complexity index is 521. The maximum Gasteiger partial charge on any atom is 0.328 e. The first-order chi connectivity index (χ1) is 11.9. The molecule has 1 aliphatic heterocycles. The third-order valence-electron chi connectivity index (χ3n) is 3.73.